The molecule has 3 rings (SSSR count). The first kappa shape index (κ1) is 18.3. The predicted octanol–water partition coefficient (Wildman–Crippen LogP) is 3.35. The Labute approximate surface area is 154 Å². The van der Waals surface area contributed by atoms with Crippen molar-refractivity contribution in [3.63, 3.8) is 0 Å². The zero-order valence-corrected chi connectivity index (χ0v) is 15.2. The van der Waals surface area contributed by atoms with Gasteiger partial charge >= 0.3 is 0 Å². The second-order valence-electron chi connectivity index (χ2n) is 5.56. The zero-order valence-electron chi connectivity index (χ0n) is 13.6. The molecule has 0 saturated carbocycles. The fourth-order valence-electron chi connectivity index (χ4n) is 2.47. The molecular formula is C18H16FNO4S2. The van der Waals surface area contributed by atoms with Crippen LogP contribution < -0.4 is 5.32 Å². The van der Waals surface area contributed by atoms with Gasteiger partial charge in [0.25, 0.3) is 0 Å². The third kappa shape index (κ3) is 4.20. The molecule has 0 saturated heterocycles. The van der Waals surface area contributed by atoms with E-state index in [4.69, 9.17) is 4.42 Å². The SMILES string of the molecule is O=C(Cc1cccs1)NCC(c1ccco1)S(=O)(=O)c1ccc(F)cc1. The highest BCUT2D eigenvalue weighted by molar-refractivity contribution is 7.91. The van der Waals surface area contributed by atoms with Crippen molar-refractivity contribution in [2.45, 2.75) is 16.6 Å². The van der Waals surface area contributed by atoms with E-state index in [0.29, 0.717) is 0 Å². The van der Waals surface area contributed by atoms with E-state index >= 15 is 0 Å². The van der Waals surface area contributed by atoms with Gasteiger partial charge in [0, 0.05) is 11.4 Å². The van der Waals surface area contributed by atoms with Gasteiger partial charge in [-0.15, -0.1) is 11.3 Å². The lowest BCUT2D eigenvalue weighted by Crippen LogP contribution is -2.32. The molecule has 3 aromatic rings. The number of furan rings is 1. The van der Waals surface area contributed by atoms with Crippen molar-refractivity contribution in [2.75, 3.05) is 6.54 Å². The largest absolute Gasteiger partial charge is 0.468 e. The van der Waals surface area contributed by atoms with Crippen LogP contribution in [0.15, 0.2) is 69.5 Å². The van der Waals surface area contributed by atoms with E-state index in [1.807, 2.05) is 17.5 Å². The number of halogens is 1. The van der Waals surface area contributed by atoms with Gasteiger partial charge < -0.3 is 9.73 Å². The van der Waals surface area contributed by atoms with Gasteiger partial charge in [0.05, 0.1) is 17.6 Å². The molecule has 0 aliphatic carbocycles. The number of hydrogen-bond donors (Lipinski definition) is 1. The Balaban J connectivity index is 1.79. The van der Waals surface area contributed by atoms with Gasteiger partial charge in [-0.25, -0.2) is 12.8 Å². The monoisotopic (exact) mass is 393 g/mol. The second-order valence-corrected chi connectivity index (χ2v) is 8.73. The smallest absolute Gasteiger partial charge is 0.225 e. The Morgan fingerprint density at radius 3 is 2.54 bits per heavy atom. The summed E-state index contributed by atoms with van der Waals surface area (Å²) in [6, 6.07) is 11.4. The number of sulfone groups is 1. The van der Waals surface area contributed by atoms with E-state index in [1.54, 1.807) is 6.07 Å². The van der Waals surface area contributed by atoms with Gasteiger partial charge in [0.15, 0.2) is 9.84 Å². The fraction of sp³-hybridized carbons (Fsp3) is 0.167. The third-order valence-corrected chi connectivity index (χ3v) is 6.73. The van der Waals surface area contributed by atoms with Crippen LogP contribution in [0.4, 0.5) is 4.39 Å². The molecule has 1 amide bonds. The van der Waals surface area contributed by atoms with Crippen LogP contribution in [0.3, 0.4) is 0 Å². The number of amides is 1. The van der Waals surface area contributed by atoms with E-state index in [-0.39, 0.29) is 29.5 Å². The maximum Gasteiger partial charge on any atom is 0.225 e. The van der Waals surface area contributed by atoms with Crippen molar-refractivity contribution in [1.29, 1.82) is 0 Å². The zero-order chi connectivity index (χ0) is 18.6. The summed E-state index contributed by atoms with van der Waals surface area (Å²) in [5.74, 6) is -0.591. The van der Waals surface area contributed by atoms with Crippen molar-refractivity contribution in [2.24, 2.45) is 0 Å². The van der Waals surface area contributed by atoms with Crippen LogP contribution >= 0.6 is 11.3 Å². The molecule has 2 aromatic heterocycles. The lowest BCUT2D eigenvalue weighted by atomic mass is 10.3. The molecule has 8 heteroatoms. The summed E-state index contributed by atoms with van der Waals surface area (Å²) >= 11 is 1.45. The van der Waals surface area contributed by atoms with Gasteiger partial charge in [-0.1, -0.05) is 6.07 Å². The molecule has 1 N–H and O–H groups in total. The summed E-state index contributed by atoms with van der Waals surface area (Å²) in [6.07, 6.45) is 1.55. The van der Waals surface area contributed by atoms with E-state index < -0.39 is 20.9 Å². The van der Waals surface area contributed by atoms with Crippen LogP contribution in [0.25, 0.3) is 0 Å². The van der Waals surface area contributed by atoms with Crippen LogP contribution in [-0.4, -0.2) is 20.9 Å². The molecule has 136 valence electrons. The Bertz CT molecular complexity index is 949. The molecule has 1 atom stereocenters. The lowest BCUT2D eigenvalue weighted by molar-refractivity contribution is -0.120. The Kier molecular flexibility index (Phi) is 5.53. The minimum atomic E-state index is -3.87. The van der Waals surface area contributed by atoms with Gasteiger partial charge in [-0.05, 0) is 47.8 Å². The number of carbonyl (C=O) groups is 1. The van der Waals surface area contributed by atoms with Crippen molar-refractivity contribution < 1.29 is 22.0 Å². The van der Waals surface area contributed by atoms with Crippen LogP contribution in [0.2, 0.25) is 0 Å². The van der Waals surface area contributed by atoms with E-state index in [9.17, 15) is 17.6 Å². The molecule has 0 aliphatic rings. The van der Waals surface area contributed by atoms with Crippen LogP contribution in [0.5, 0.6) is 0 Å². The van der Waals surface area contributed by atoms with E-state index in [0.717, 1.165) is 17.0 Å². The average molecular weight is 393 g/mol. The Morgan fingerprint density at radius 2 is 1.92 bits per heavy atom. The summed E-state index contributed by atoms with van der Waals surface area (Å²) in [4.78, 5) is 13.0. The molecule has 26 heavy (non-hydrogen) atoms. The molecule has 0 spiro atoms. The fourth-order valence-corrected chi connectivity index (χ4v) is 4.76. The van der Waals surface area contributed by atoms with Crippen molar-refractivity contribution >= 4 is 27.1 Å². The van der Waals surface area contributed by atoms with Crippen LogP contribution in [0, 0.1) is 5.82 Å². The minimum absolute atomic E-state index is 0.0344. The minimum Gasteiger partial charge on any atom is -0.468 e. The number of carbonyl (C=O) groups excluding carboxylic acids is 1. The first-order valence-electron chi connectivity index (χ1n) is 7.79. The van der Waals surface area contributed by atoms with Gasteiger partial charge in [0.2, 0.25) is 5.91 Å². The highest BCUT2D eigenvalue weighted by atomic mass is 32.2. The van der Waals surface area contributed by atoms with Crippen molar-refractivity contribution in [1.82, 2.24) is 5.32 Å². The molecular weight excluding hydrogens is 377 g/mol. The third-order valence-electron chi connectivity index (χ3n) is 3.78. The number of thiophene rings is 1. The van der Waals surface area contributed by atoms with Crippen molar-refractivity contribution in [3.05, 3.63) is 76.6 Å². The molecule has 5 nitrogen and oxygen atoms in total. The first-order chi connectivity index (χ1) is 12.5. The molecule has 0 aliphatic heterocycles. The molecule has 0 bridgehead atoms. The first-order valence-corrected chi connectivity index (χ1v) is 10.2. The number of rotatable bonds is 7. The maximum atomic E-state index is 13.1. The molecule has 0 radical (unpaired) electrons. The highest BCUT2D eigenvalue weighted by Gasteiger charge is 2.31. The Hall–Kier alpha value is -2.45. The molecule has 2 heterocycles. The van der Waals surface area contributed by atoms with E-state index in [2.05, 4.69) is 5.32 Å². The lowest BCUT2D eigenvalue weighted by Gasteiger charge is -2.16. The average Bonchev–Trinajstić information content (AvgIpc) is 3.29. The maximum absolute atomic E-state index is 13.1. The normalized spacial score (nSPS) is 12.7. The Morgan fingerprint density at radius 1 is 1.15 bits per heavy atom. The standard InChI is InChI=1S/C18H16FNO4S2/c19-13-5-7-15(8-6-13)26(22,23)17(16-4-1-9-24-16)12-20-18(21)11-14-3-2-10-25-14/h1-10,17H,11-12H2,(H,20,21). The second kappa shape index (κ2) is 7.84. The summed E-state index contributed by atoms with van der Waals surface area (Å²) in [6.45, 7) is -0.141. The highest BCUT2D eigenvalue weighted by Crippen LogP contribution is 2.29. The molecule has 0 fully saturated rings. The topological polar surface area (TPSA) is 76.4 Å². The molecule has 1 aromatic carbocycles. The number of hydrogen-bond acceptors (Lipinski definition) is 5. The number of benzene rings is 1. The quantitative estimate of drug-likeness (QED) is 0.625. The summed E-state index contributed by atoms with van der Waals surface area (Å²) < 4.78 is 44.3. The summed E-state index contributed by atoms with van der Waals surface area (Å²) in [5, 5.41) is 3.42. The van der Waals surface area contributed by atoms with Crippen LogP contribution in [0.1, 0.15) is 15.9 Å². The number of nitrogens with one attached hydrogen (secondary N) is 1. The van der Waals surface area contributed by atoms with Gasteiger partial charge in [-0.2, -0.15) is 0 Å². The van der Waals surface area contributed by atoms with Crippen LogP contribution in [-0.2, 0) is 21.1 Å². The molecule has 1 unspecified atom stereocenters. The predicted molar refractivity (Wildman–Crippen MR) is 96.1 cm³/mol. The van der Waals surface area contributed by atoms with Gasteiger partial charge in [0.1, 0.15) is 16.8 Å². The summed E-state index contributed by atoms with van der Waals surface area (Å²) in [7, 11) is -3.87. The van der Waals surface area contributed by atoms with Crippen molar-refractivity contribution in [3.8, 4) is 0 Å². The van der Waals surface area contributed by atoms with E-state index in [1.165, 1.54) is 35.8 Å². The summed E-state index contributed by atoms with van der Waals surface area (Å²) in [5.41, 5.74) is 0. The van der Waals surface area contributed by atoms with Gasteiger partial charge in [-0.3, -0.25) is 4.79 Å².